The molecule has 0 spiro atoms. The van der Waals surface area contributed by atoms with Crippen LogP contribution in [-0.2, 0) is 9.59 Å². The lowest BCUT2D eigenvalue weighted by molar-refractivity contribution is -0.307. The quantitative estimate of drug-likeness (QED) is 0.794. The molecule has 1 aromatic rings. The number of carboxylic acids is 1. The second-order valence-corrected chi connectivity index (χ2v) is 4.12. The molecule has 0 aliphatic rings. The second kappa shape index (κ2) is 6.05. The van der Waals surface area contributed by atoms with Gasteiger partial charge in [-0.2, -0.15) is 0 Å². The van der Waals surface area contributed by atoms with E-state index < -0.39 is 17.9 Å². The van der Waals surface area contributed by atoms with Gasteiger partial charge in [0.15, 0.2) is 6.61 Å². The van der Waals surface area contributed by atoms with E-state index in [1.807, 2.05) is 32.0 Å². The molecule has 1 N–H and O–H groups in total. The van der Waals surface area contributed by atoms with Crippen LogP contribution in [0.4, 0.5) is 0 Å². The van der Waals surface area contributed by atoms with Crippen molar-refractivity contribution in [3.05, 3.63) is 29.3 Å². The highest BCUT2D eigenvalue weighted by molar-refractivity contribution is 5.83. The first-order chi connectivity index (χ1) is 8.41. The molecule has 0 aliphatic carbocycles. The molecule has 18 heavy (non-hydrogen) atoms. The smallest absolute Gasteiger partial charge is 0.258 e. The van der Waals surface area contributed by atoms with Crippen molar-refractivity contribution in [2.75, 3.05) is 6.61 Å². The van der Waals surface area contributed by atoms with E-state index in [0.29, 0.717) is 5.75 Å². The summed E-state index contributed by atoms with van der Waals surface area (Å²) in [4.78, 5) is 21.9. The van der Waals surface area contributed by atoms with E-state index in [-0.39, 0.29) is 6.61 Å². The third-order valence-electron chi connectivity index (χ3n) is 2.49. The Hall–Kier alpha value is -2.04. The molecular weight excluding hydrogens is 234 g/mol. The van der Waals surface area contributed by atoms with Crippen LogP contribution in [0.3, 0.4) is 0 Å². The lowest BCUT2D eigenvalue weighted by Gasteiger charge is -2.16. The fourth-order valence-corrected chi connectivity index (χ4v) is 1.51. The molecule has 0 unspecified atom stereocenters. The highest BCUT2D eigenvalue weighted by atomic mass is 16.5. The standard InChI is InChI=1S/C13H17NO4/c1-8-5-4-6-9(2)12(8)18-7-11(15)14-10(3)13(16)17/h4-6,10H,7H2,1-3H3,(H,14,15)(H,16,17)/p-1/t10-/m1/s1. The van der Waals surface area contributed by atoms with Crippen molar-refractivity contribution in [3.8, 4) is 5.75 Å². The lowest BCUT2D eigenvalue weighted by atomic mass is 10.1. The van der Waals surface area contributed by atoms with Crippen LogP contribution >= 0.6 is 0 Å². The number of carbonyl (C=O) groups excluding carboxylic acids is 2. The van der Waals surface area contributed by atoms with Crippen molar-refractivity contribution in [1.29, 1.82) is 0 Å². The van der Waals surface area contributed by atoms with Gasteiger partial charge in [-0.25, -0.2) is 0 Å². The molecule has 0 bridgehead atoms. The highest BCUT2D eigenvalue weighted by Crippen LogP contribution is 2.21. The van der Waals surface area contributed by atoms with Crippen molar-refractivity contribution in [3.63, 3.8) is 0 Å². The number of para-hydroxylation sites is 1. The molecule has 5 nitrogen and oxygen atoms in total. The van der Waals surface area contributed by atoms with E-state index in [1.165, 1.54) is 6.92 Å². The van der Waals surface area contributed by atoms with Crippen LogP contribution < -0.4 is 15.2 Å². The molecule has 0 radical (unpaired) electrons. The normalized spacial score (nSPS) is 11.7. The maximum atomic E-state index is 11.4. The summed E-state index contributed by atoms with van der Waals surface area (Å²) in [6.07, 6.45) is 0. The van der Waals surface area contributed by atoms with E-state index in [4.69, 9.17) is 4.74 Å². The van der Waals surface area contributed by atoms with E-state index in [9.17, 15) is 14.7 Å². The first kappa shape index (κ1) is 14.0. The molecule has 5 heteroatoms. The Morgan fingerprint density at radius 2 is 1.89 bits per heavy atom. The van der Waals surface area contributed by atoms with E-state index >= 15 is 0 Å². The van der Waals surface area contributed by atoms with Gasteiger partial charge in [-0.3, -0.25) is 4.79 Å². The molecular formula is C13H16NO4-. The van der Waals surface area contributed by atoms with Crippen molar-refractivity contribution >= 4 is 11.9 Å². The van der Waals surface area contributed by atoms with E-state index in [0.717, 1.165) is 11.1 Å². The number of ether oxygens (including phenoxy) is 1. The minimum atomic E-state index is -1.32. The molecule has 1 rings (SSSR count). The number of benzene rings is 1. The van der Waals surface area contributed by atoms with Crippen LogP contribution in [0.1, 0.15) is 18.1 Å². The van der Waals surface area contributed by atoms with E-state index in [2.05, 4.69) is 5.32 Å². The topological polar surface area (TPSA) is 78.5 Å². The zero-order valence-electron chi connectivity index (χ0n) is 10.6. The van der Waals surface area contributed by atoms with E-state index in [1.54, 1.807) is 0 Å². The number of aliphatic carboxylic acids is 1. The number of hydrogen-bond acceptors (Lipinski definition) is 4. The van der Waals surface area contributed by atoms with Gasteiger partial charge >= 0.3 is 0 Å². The summed E-state index contributed by atoms with van der Waals surface area (Å²) in [6, 6.07) is 4.63. The Bertz CT molecular complexity index is 436. The molecule has 0 fully saturated rings. The number of carbonyl (C=O) groups is 2. The fourth-order valence-electron chi connectivity index (χ4n) is 1.51. The summed E-state index contributed by atoms with van der Waals surface area (Å²) < 4.78 is 5.38. The number of rotatable bonds is 5. The molecule has 1 atom stereocenters. The van der Waals surface area contributed by atoms with Gasteiger partial charge in [0.25, 0.3) is 5.91 Å². The fraction of sp³-hybridized carbons (Fsp3) is 0.385. The summed E-state index contributed by atoms with van der Waals surface area (Å²) in [5, 5.41) is 12.7. The molecule has 98 valence electrons. The van der Waals surface area contributed by atoms with Crippen LogP contribution in [0.2, 0.25) is 0 Å². The van der Waals surface area contributed by atoms with Gasteiger partial charge in [0.2, 0.25) is 0 Å². The van der Waals surface area contributed by atoms with Crippen molar-refractivity contribution in [2.24, 2.45) is 0 Å². The summed E-state index contributed by atoms with van der Waals surface area (Å²) in [5.41, 5.74) is 1.85. The van der Waals surface area contributed by atoms with Crippen molar-refractivity contribution < 1.29 is 19.4 Å². The number of aryl methyl sites for hydroxylation is 2. The number of amides is 1. The van der Waals surface area contributed by atoms with Gasteiger partial charge in [0.05, 0.1) is 12.0 Å². The Labute approximate surface area is 106 Å². The molecule has 0 heterocycles. The first-order valence-electron chi connectivity index (χ1n) is 5.61. The van der Waals surface area contributed by atoms with Crippen LogP contribution in [0, 0.1) is 13.8 Å². The number of carboxylic acid groups (broad SMARTS) is 1. The summed E-state index contributed by atoms with van der Waals surface area (Å²) in [7, 11) is 0. The van der Waals surface area contributed by atoms with Crippen LogP contribution in [-0.4, -0.2) is 24.5 Å². The zero-order valence-corrected chi connectivity index (χ0v) is 10.6. The van der Waals surface area contributed by atoms with Gasteiger partial charge in [0.1, 0.15) is 5.75 Å². The van der Waals surface area contributed by atoms with Crippen molar-refractivity contribution in [1.82, 2.24) is 5.32 Å². The highest BCUT2D eigenvalue weighted by Gasteiger charge is 2.10. The van der Waals surface area contributed by atoms with Crippen LogP contribution in [0.25, 0.3) is 0 Å². The minimum absolute atomic E-state index is 0.219. The number of nitrogens with one attached hydrogen (secondary N) is 1. The van der Waals surface area contributed by atoms with Crippen molar-refractivity contribution in [2.45, 2.75) is 26.8 Å². The van der Waals surface area contributed by atoms with Crippen LogP contribution in [0.15, 0.2) is 18.2 Å². The Morgan fingerprint density at radius 1 is 1.33 bits per heavy atom. The Balaban J connectivity index is 2.55. The summed E-state index contributed by atoms with van der Waals surface area (Å²) in [6.45, 7) is 4.88. The minimum Gasteiger partial charge on any atom is -0.548 e. The Morgan fingerprint density at radius 3 is 2.39 bits per heavy atom. The summed E-state index contributed by atoms with van der Waals surface area (Å²) in [5.74, 6) is -1.17. The molecule has 0 aromatic heterocycles. The second-order valence-electron chi connectivity index (χ2n) is 4.12. The SMILES string of the molecule is Cc1cccc(C)c1OCC(=O)N[C@H](C)C(=O)[O-]. The monoisotopic (exact) mass is 250 g/mol. The molecule has 1 amide bonds. The Kier molecular flexibility index (Phi) is 4.71. The van der Waals surface area contributed by atoms with Gasteiger partial charge in [-0.15, -0.1) is 0 Å². The van der Waals surface area contributed by atoms with Crippen LogP contribution in [0.5, 0.6) is 5.75 Å². The van der Waals surface area contributed by atoms with Gasteiger partial charge in [-0.05, 0) is 31.9 Å². The first-order valence-corrected chi connectivity index (χ1v) is 5.61. The molecule has 0 saturated heterocycles. The van der Waals surface area contributed by atoms with Gasteiger partial charge in [0, 0.05) is 0 Å². The third-order valence-corrected chi connectivity index (χ3v) is 2.49. The molecule has 1 aromatic carbocycles. The largest absolute Gasteiger partial charge is 0.548 e. The lowest BCUT2D eigenvalue weighted by Crippen LogP contribution is -2.47. The maximum absolute atomic E-state index is 11.4. The number of hydrogen-bond donors (Lipinski definition) is 1. The predicted molar refractivity (Wildman–Crippen MR) is 64.0 cm³/mol. The zero-order chi connectivity index (χ0) is 13.7. The molecule has 0 saturated carbocycles. The maximum Gasteiger partial charge on any atom is 0.258 e. The average Bonchev–Trinajstić information content (AvgIpc) is 2.28. The van der Waals surface area contributed by atoms with Gasteiger partial charge in [-0.1, -0.05) is 18.2 Å². The average molecular weight is 250 g/mol. The predicted octanol–water partition coefficient (Wildman–Crippen LogP) is -0.0632. The third kappa shape index (κ3) is 3.76. The van der Waals surface area contributed by atoms with Gasteiger partial charge < -0.3 is 20.0 Å². The summed E-state index contributed by atoms with van der Waals surface area (Å²) >= 11 is 0. The molecule has 0 aliphatic heterocycles.